The smallest absolute Gasteiger partial charge is 0.145 e. The van der Waals surface area contributed by atoms with Gasteiger partial charge >= 0.3 is 0 Å². The van der Waals surface area contributed by atoms with Gasteiger partial charge in [0.05, 0.1) is 19.3 Å². The van der Waals surface area contributed by atoms with Crippen molar-refractivity contribution < 1.29 is 4.74 Å². The van der Waals surface area contributed by atoms with E-state index in [9.17, 15) is 0 Å². The predicted molar refractivity (Wildman–Crippen MR) is 106 cm³/mol. The summed E-state index contributed by atoms with van der Waals surface area (Å²) < 4.78 is 7.39. The van der Waals surface area contributed by atoms with Crippen molar-refractivity contribution in [1.82, 2.24) is 19.7 Å². The second kappa shape index (κ2) is 7.41. The van der Waals surface area contributed by atoms with Gasteiger partial charge in [0.1, 0.15) is 11.4 Å². The maximum absolute atomic E-state index is 5.44. The van der Waals surface area contributed by atoms with Crippen LogP contribution in [0.1, 0.15) is 11.1 Å². The molecule has 27 heavy (non-hydrogen) atoms. The van der Waals surface area contributed by atoms with E-state index in [1.54, 1.807) is 13.3 Å². The summed E-state index contributed by atoms with van der Waals surface area (Å²) in [5, 5.41) is 4.74. The molecule has 4 rings (SSSR count). The quantitative estimate of drug-likeness (QED) is 0.533. The molecular weight excluding hydrogens is 336 g/mol. The molecule has 0 aliphatic carbocycles. The fourth-order valence-electron chi connectivity index (χ4n) is 3.06. The van der Waals surface area contributed by atoms with Gasteiger partial charge in [-0.2, -0.15) is 5.10 Å². The van der Waals surface area contributed by atoms with Crippen LogP contribution in [-0.2, 0) is 6.54 Å². The van der Waals surface area contributed by atoms with Crippen molar-refractivity contribution in [1.29, 1.82) is 0 Å². The molecule has 134 valence electrons. The number of ether oxygens (including phenoxy) is 1. The molecule has 0 saturated carbocycles. The molecule has 0 radical (unpaired) electrons. The zero-order valence-electron chi connectivity index (χ0n) is 15.3. The fourth-order valence-corrected chi connectivity index (χ4v) is 3.06. The number of aromatic nitrogens is 4. The lowest BCUT2D eigenvalue weighted by molar-refractivity contribution is 0.415. The van der Waals surface area contributed by atoms with Gasteiger partial charge in [-0.05, 0) is 48.4 Å². The Bertz CT molecular complexity index is 1070. The molecule has 0 saturated heterocycles. The molecule has 0 spiro atoms. The minimum Gasteiger partial charge on any atom is -0.494 e. The maximum Gasteiger partial charge on any atom is 0.145 e. The van der Waals surface area contributed by atoms with Gasteiger partial charge in [-0.1, -0.05) is 18.2 Å². The summed E-state index contributed by atoms with van der Waals surface area (Å²) in [7, 11) is 1.66. The van der Waals surface area contributed by atoms with E-state index in [2.05, 4.69) is 29.0 Å². The lowest BCUT2D eigenvalue weighted by Gasteiger charge is -2.08. The van der Waals surface area contributed by atoms with E-state index in [1.165, 1.54) is 11.1 Å². The van der Waals surface area contributed by atoms with Crippen LogP contribution in [0.4, 0.5) is 0 Å². The van der Waals surface area contributed by atoms with E-state index < -0.39 is 0 Å². The SMILES string of the molecule is COc1cccnc1-c1cccc(-c2ccn(Cc3ccncc3C)n2)c1. The first kappa shape index (κ1) is 17.0. The number of methoxy groups -OCH3 is 1. The number of hydrogen-bond acceptors (Lipinski definition) is 4. The number of nitrogens with zero attached hydrogens (tertiary/aromatic N) is 4. The van der Waals surface area contributed by atoms with Crippen molar-refractivity contribution in [2.75, 3.05) is 7.11 Å². The third-order valence-electron chi connectivity index (χ3n) is 4.53. The Balaban J connectivity index is 1.63. The van der Waals surface area contributed by atoms with Gasteiger partial charge in [-0.25, -0.2) is 0 Å². The summed E-state index contributed by atoms with van der Waals surface area (Å²) in [6.45, 7) is 2.79. The Kier molecular flexibility index (Phi) is 4.66. The highest BCUT2D eigenvalue weighted by atomic mass is 16.5. The van der Waals surface area contributed by atoms with E-state index in [4.69, 9.17) is 9.84 Å². The first-order valence-electron chi connectivity index (χ1n) is 8.77. The third-order valence-corrected chi connectivity index (χ3v) is 4.53. The normalized spacial score (nSPS) is 10.7. The van der Waals surface area contributed by atoms with Crippen molar-refractivity contribution >= 4 is 0 Å². The Morgan fingerprint density at radius 3 is 2.74 bits per heavy atom. The van der Waals surface area contributed by atoms with Crippen LogP contribution in [0.2, 0.25) is 0 Å². The lowest BCUT2D eigenvalue weighted by Crippen LogP contribution is -2.02. The first-order chi connectivity index (χ1) is 13.2. The lowest BCUT2D eigenvalue weighted by atomic mass is 10.1. The van der Waals surface area contributed by atoms with Crippen molar-refractivity contribution in [3.63, 3.8) is 0 Å². The van der Waals surface area contributed by atoms with Crippen LogP contribution in [0.5, 0.6) is 5.75 Å². The van der Waals surface area contributed by atoms with E-state index in [0.717, 1.165) is 34.8 Å². The minimum absolute atomic E-state index is 0.724. The van der Waals surface area contributed by atoms with Crippen LogP contribution < -0.4 is 4.74 Å². The molecule has 1 aromatic carbocycles. The topological polar surface area (TPSA) is 52.8 Å². The van der Waals surface area contributed by atoms with Crippen LogP contribution in [0, 0.1) is 6.92 Å². The summed E-state index contributed by atoms with van der Waals surface area (Å²) >= 11 is 0. The van der Waals surface area contributed by atoms with Crippen molar-refractivity contribution in [3.8, 4) is 28.3 Å². The Morgan fingerprint density at radius 2 is 1.89 bits per heavy atom. The van der Waals surface area contributed by atoms with Gasteiger partial charge in [-0.3, -0.25) is 14.6 Å². The van der Waals surface area contributed by atoms with Gasteiger partial charge < -0.3 is 4.74 Å². The molecule has 5 nitrogen and oxygen atoms in total. The summed E-state index contributed by atoms with van der Waals surface area (Å²) in [6, 6.07) is 16.1. The summed E-state index contributed by atoms with van der Waals surface area (Å²) in [5.74, 6) is 0.758. The monoisotopic (exact) mass is 356 g/mol. The minimum atomic E-state index is 0.724. The molecule has 0 unspecified atom stereocenters. The van der Waals surface area contributed by atoms with Crippen molar-refractivity contribution in [2.45, 2.75) is 13.5 Å². The molecule has 0 bridgehead atoms. The zero-order valence-corrected chi connectivity index (χ0v) is 15.3. The highest BCUT2D eigenvalue weighted by Gasteiger charge is 2.10. The summed E-state index contributed by atoms with van der Waals surface area (Å²) in [5.41, 5.74) is 6.19. The average molecular weight is 356 g/mol. The third kappa shape index (κ3) is 3.58. The van der Waals surface area contributed by atoms with Crippen LogP contribution in [0.15, 0.2) is 73.3 Å². The van der Waals surface area contributed by atoms with Crippen LogP contribution >= 0.6 is 0 Å². The summed E-state index contributed by atoms with van der Waals surface area (Å²) in [4.78, 5) is 8.61. The summed E-state index contributed by atoms with van der Waals surface area (Å²) in [6.07, 6.45) is 7.47. The number of aryl methyl sites for hydroxylation is 1. The molecule has 0 aliphatic rings. The molecule has 3 aromatic heterocycles. The van der Waals surface area contributed by atoms with Gasteiger partial charge in [-0.15, -0.1) is 0 Å². The van der Waals surface area contributed by atoms with E-state index in [1.807, 2.05) is 59.7 Å². The highest BCUT2D eigenvalue weighted by molar-refractivity contribution is 5.72. The first-order valence-corrected chi connectivity index (χ1v) is 8.77. The van der Waals surface area contributed by atoms with Gasteiger partial charge in [0, 0.05) is 35.9 Å². The molecular formula is C22H20N4O. The molecule has 5 heteroatoms. The van der Waals surface area contributed by atoms with Crippen molar-refractivity contribution in [2.24, 2.45) is 0 Å². The number of pyridine rings is 2. The van der Waals surface area contributed by atoms with Crippen LogP contribution in [-0.4, -0.2) is 26.9 Å². The average Bonchev–Trinajstić information content (AvgIpc) is 3.18. The molecule has 0 atom stereocenters. The van der Waals surface area contributed by atoms with E-state index in [-0.39, 0.29) is 0 Å². The van der Waals surface area contributed by atoms with Crippen LogP contribution in [0.25, 0.3) is 22.5 Å². The highest BCUT2D eigenvalue weighted by Crippen LogP contribution is 2.30. The van der Waals surface area contributed by atoms with Crippen molar-refractivity contribution in [3.05, 3.63) is 84.4 Å². The van der Waals surface area contributed by atoms with Gasteiger partial charge in [0.25, 0.3) is 0 Å². The molecule has 4 aromatic rings. The predicted octanol–water partition coefficient (Wildman–Crippen LogP) is 4.37. The molecule has 3 heterocycles. The second-order valence-corrected chi connectivity index (χ2v) is 6.34. The standard InChI is InChI=1S/C22H20N4O/c1-16-14-23-11-8-19(16)15-26-12-9-20(25-26)17-5-3-6-18(13-17)22-21(27-2)7-4-10-24-22/h3-14H,15H2,1-2H3. The zero-order chi connectivity index (χ0) is 18.6. The second-order valence-electron chi connectivity index (χ2n) is 6.34. The molecule has 0 N–H and O–H groups in total. The number of benzene rings is 1. The van der Waals surface area contributed by atoms with Crippen LogP contribution in [0.3, 0.4) is 0 Å². The molecule has 0 fully saturated rings. The van der Waals surface area contributed by atoms with E-state index in [0.29, 0.717) is 0 Å². The number of rotatable bonds is 5. The Morgan fingerprint density at radius 1 is 1.00 bits per heavy atom. The van der Waals surface area contributed by atoms with Gasteiger partial charge in [0.15, 0.2) is 0 Å². The Hall–Kier alpha value is -3.47. The largest absolute Gasteiger partial charge is 0.494 e. The van der Waals surface area contributed by atoms with E-state index >= 15 is 0 Å². The fraction of sp³-hybridized carbons (Fsp3) is 0.136. The maximum atomic E-state index is 5.44. The molecule has 0 aliphatic heterocycles. The molecule has 0 amide bonds. The Labute approximate surface area is 158 Å². The van der Waals surface area contributed by atoms with Gasteiger partial charge in [0.2, 0.25) is 0 Å². The number of hydrogen-bond donors (Lipinski definition) is 0.